The summed E-state index contributed by atoms with van der Waals surface area (Å²) in [5.41, 5.74) is 6.79. The van der Waals surface area contributed by atoms with E-state index >= 15 is 0 Å². The van der Waals surface area contributed by atoms with E-state index in [2.05, 4.69) is 6.58 Å². The first kappa shape index (κ1) is 11.5. The van der Waals surface area contributed by atoms with Crippen molar-refractivity contribution in [3.8, 4) is 5.75 Å². The van der Waals surface area contributed by atoms with Crippen molar-refractivity contribution < 1.29 is 9.53 Å². The van der Waals surface area contributed by atoms with Crippen molar-refractivity contribution in [3.63, 3.8) is 0 Å². The van der Waals surface area contributed by atoms with Gasteiger partial charge in [-0.25, -0.2) is 0 Å². The summed E-state index contributed by atoms with van der Waals surface area (Å²) in [7, 11) is 0. The normalized spacial score (nSPS) is 9.73. The van der Waals surface area contributed by atoms with E-state index < -0.39 is 0 Å². The Morgan fingerprint density at radius 3 is 2.87 bits per heavy atom. The van der Waals surface area contributed by atoms with Crippen LogP contribution in [-0.4, -0.2) is 18.9 Å². The lowest BCUT2D eigenvalue weighted by atomic mass is 10.1. The van der Waals surface area contributed by atoms with E-state index in [4.69, 9.17) is 10.5 Å². The number of ketones is 1. The third kappa shape index (κ3) is 3.56. The molecule has 0 aliphatic carbocycles. The quantitative estimate of drug-likeness (QED) is 0.589. The third-order valence-electron chi connectivity index (χ3n) is 1.83. The van der Waals surface area contributed by atoms with E-state index in [1.165, 1.54) is 0 Å². The van der Waals surface area contributed by atoms with Gasteiger partial charge in [-0.3, -0.25) is 4.79 Å². The van der Waals surface area contributed by atoms with Crippen LogP contribution in [0.4, 0.5) is 0 Å². The van der Waals surface area contributed by atoms with Crippen LogP contribution in [0, 0.1) is 0 Å². The zero-order chi connectivity index (χ0) is 11.3. The van der Waals surface area contributed by atoms with Crippen molar-refractivity contribution in [1.82, 2.24) is 0 Å². The number of carbonyl (C=O) groups excluding carboxylic acids is 1. The van der Waals surface area contributed by atoms with Crippen LogP contribution < -0.4 is 10.5 Å². The number of hydrogen-bond donors (Lipinski definition) is 1. The number of nitrogens with two attached hydrogens (primary N) is 1. The van der Waals surface area contributed by atoms with Crippen LogP contribution in [0.5, 0.6) is 5.75 Å². The van der Waals surface area contributed by atoms with E-state index in [0.717, 1.165) is 5.57 Å². The Hall–Kier alpha value is -1.61. The summed E-state index contributed by atoms with van der Waals surface area (Å²) >= 11 is 0. The highest BCUT2D eigenvalue weighted by Crippen LogP contribution is 2.14. The minimum Gasteiger partial charge on any atom is -0.489 e. The number of ether oxygens (including phenoxy) is 1. The highest BCUT2D eigenvalue weighted by atomic mass is 16.5. The number of rotatable bonds is 5. The monoisotopic (exact) mass is 205 g/mol. The summed E-state index contributed by atoms with van der Waals surface area (Å²) in [6.45, 7) is 6.09. The molecule has 0 amide bonds. The molecule has 0 atom stereocenters. The van der Waals surface area contributed by atoms with Gasteiger partial charge in [-0.15, -0.1) is 0 Å². The summed E-state index contributed by atoms with van der Waals surface area (Å²) in [6.07, 6.45) is 0. The van der Waals surface area contributed by atoms with Crippen LogP contribution in [0.3, 0.4) is 0 Å². The predicted octanol–water partition coefficient (Wildman–Crippen LogP) is 1.78. The summed E-state index contributed by atoms with van der Waals surface area (Å²) < 4.78 is 5.41. The smallest absolute Gasteiger partial charge is 0.176 e. The molecule has 0 aliphatic heterocycles. The van der Waals surface area contributed by atoms with Gasteiger partial charge >= 0.3 is 0 Å². The van der Waals surface area contributed by atoms with Gasteiger partial charge < -0.3 is 10.5 Å². The molecule has 0 saturated carbocycles. The zero-order valence-corrected chi connectivity index (χ0v) is 8.82. The predicted molar refractivity (Wildman–Crippen MR) is 60.1 cm³/mol. The average Bonchev–Trinajstić information content (AvgIpc) is 2.25. The molecular weight excluding hydrogens is 190 g/mol. The maximum atomic E-state index is 11.3. The molecule has 3 heteroatoms. The van der Waals surface area contributed by atoms with Crippen LogP contribution in [0.1, 0.15) is 17.3 Å². The first-order valence-electron chi connectivity index (χ1n) is 4.74. The highest BCUT2D eigenvalue weighted by molar-refractivity contribution is 5.97. The second kappa shape index (κ2) is 5.32. The molecule has 0 bridgehead atoms. The summed E-state index contributed by atoms with van der Waals surface area (Å²) in [5, 5.41) is 0. The number of Topliss-reactive ketones (excluding diaryl/α,β-unsaturated/α-hetero) is 1. The Balaban J connectivity index is 2.74. The van der Waals surface area contributed by atoms with Crippen molar-refractivity contribution >= 4 is 5.78 Å². The van der Waals surface area contributed by atoms with Crippen LogP contribution in [0.25, 0.3) is 0 Å². The van der Waals surface area contributed by atoms with Crippen LogP contribution in [0.2, 0.25) is 0 Å². The minimum atomic E-state index is -0.0872. The Bertz CT molecular complexity index is 372. The summed E-state index contributed by atoms with van der Waals surface area (Å²) in [5.74, 6) is 0.577. The molecule has 0 radical (unpaired) electrons. The molecule has 15 heavy (non-hydrogen) atoms. The van der Waals surface area contributed by atoms with Crippen molar-refractivity contribution in [2.45, 2.75) is 6.92 Å². The van der Waals surface area contributed by atoms with Gasteiger partial charge in [-0.05, 0) is 24.6 Å². The Morgan fingerprint density at radius 1 is 1.53 bits per heavy atom. The van der Waals surface area contributed by atoms with Gasteiger partial charge in [-0.1, -0.05) is 18.7 Å². The van der Waals surface area contributed by atoms with Gasteiger partial charge in [0.25, 0.3) is 0 Å². The van der Waals surface area contributed by atoms with Crippen molar-refractivity contribution in [1.29, 1.82) is 0 Å². The topological polar surface area (TPSA) is 52.3 Å². The highest BCUT2D eigenvalue weighted by Gasteiger charge is 2.04. The van der Waals surface area contributed by atoms with Crippen molar-refractivity contribution in [2.75, 3.05) is 13.2 Å². The van der Waals surface area contributed by atoms with Crippen LogP contribution in [0.15, 0.2) is 36.4 Å². The Labute approximate surface area is 89.5 Å². The van der Waals surface area contributed by atoms with Gasteiger partial charge in [0.15, 0.2) is 5.78 Å². The Morgan fingerprint density at radius 2 is 2.27 bits per heavy atom. The minimum absolute atomic E-state index is 0.0178. The van der Waals surface area contributed by atoms with E-state index in [1.807, 2.05) is 6.92 Å². The van der Waals surface area contributed by atoms with Gasteiger partial charge in [0, 0.05) is 5.56 Å². The zero-order valence-electron chi connectivity index (χ0n) is 8.82. The molecule has 1 aromatic carbocycles. The third-order valence-corrected chi connectivity index (χ3v) is 1.83. The first-order valence-corrected chi connectivity index (χ1v) is 4.74. The summed E-state index contributed by atoms with van der Waals surface area (Å²) in [4.78, 5) is 11.3. The lowest BCUT2D eigenvalue weighted by Gasteiger charge is -2.06. The fraction of sp³-hybridized carbons (Fsp3) is 0.250. The van der Waals surface area contributed by atoms with Gasteiger partial charge in [0.1, 0.15) is 12.4 Å². The molecular formula is C12H15NO2. The van der Waals surface area contributed by atoms with Crippen LogP contribution >= 0.6 is 0 Å². The molecule has 0 unspecified atom stereocenters. The lowest BCUT2D eigenvalue weighted by Crippen LogP contribution is -2.13. The van der Waals surface area contributed by atoms with Crippen LogP contribution in [-0.2, 0) is 0 Å². The van der Waals surface area contributed by atoms with Crippen molar-refractivity contribution in [3.05, 3.63) is 42.0 Å². The molecule has 0 heterocycles. The van der Waals surface area contributed by atoms with E-state index in [1.54, 1.807) is 24.3 Å². The number of hydrogen-bond acceptors (Lipinski definition) is 3. The first-order chi connectivity index (χ1) is 7.13. The number of carbonyl (C=O) groups is 1. The van der Waals surface area contributed by atoms with Gasteiger partial charge in [-0.2, -0.15) is 0 Å². The second-order valence-electron chi connectivity index (χ2n) is 3.40. The average molecular weight is 205 g/mol. The maximum Gasteiger partial charge on any atom is 0.176 e. The standard InChI is InChI=1S/C12H15NO2/c1-9(2)8-15-11-5-3-4-10(6-11)12(14)7-13/h3-6H,1,7-8,13H2,2H3. The van der Waals surface area contributed by atoms with Gasteiger partial charge in [0.2, 0.25) is 0 Å². The SMILES string of the molecule is C=C(C)COc1cccc(C(=O)CN)c1. The molecule has 0 spiro atoms. The molecule has 80 valence electrons. The van der Waals surface area contributed by atoms with Gasteiger partial charge in [0.05, 0.1) is 6.54 Å². The van der Waals surface area contributed by atoms with E-state index in [0.29, 0.717) is 17.9 Å². The molecule has 0 aliphatic rings. The van der Waals surface area contributed by atoms with Crippen molar-refractivity contribution in [2.24, 2.45) is 5.73 Å². The lowest BCUT2D eigenvalue weighted by molar-refractivity contribution is 0.100. The molecule has 1 rings (SSSR count). The Kier molecular flexibility index (Phi) is 4.06. The molecule has 0 saturated heterocycles. The molecule has 0 fully saturated rings. The largest absolute Gasteiger partial charge is 0.489 e. The van der Waals surface area contributed by atoms with E-state index in [-0.39, 0.29) is 12.3 Å². The summed E-state index contributed by atoms with van der Waals surface area (Å²) in [6, 6.07) is 6.99. The van der Waals surface area contributed by atoms with E-state index in [9.17, 15) is 4.79 Å². The fourth-order valence-electron chi connectivity index (χ4n) is 1.08. The maximum absolute atomic E-state index is 11.3. The second-order valence-corrected chi connectivity index (χ2v) is 3.40. The molecule has 1 aromatic rings. The fourth-order valence-corrected chi connectivity index (χ4v) is 1.08. The molecule has 0 aromatic heterocycles. The number of benzene rings is 1. The molecule has 2 N–H and O–H groups in total. The molecule has 3 nitrogen and oxygen atoms in total.